The summed E-state index contributed by atoms with van der Waals surface area (Å²) in [6.07, 6.45) is 0.903. The number of guanidine groups is 1. The number of hydrogen-bond acceptors (Lipinski definition) is 3. The maximum atomic E-state index is 5.86. The number of hydrogen-bond donors (Lipinski definition) is 2. The van der Waals surface area contributed by atoms with Crippen molar-refractivity contribution in [3.05, 3.63) is 53.0 Å². The molecule has 0 bridgehead atoms. The van der Waals surface area contributed by atoms with Crippen LogP contribution >= 0.6 is 24.0 Å². The normalized spacial score (nSPS) is 12.7. The fraction of sp³-hybridized carbons (Fsp3) is 0.429. The third-order valence-corrected chi connectivity index (χ3v) is 4.77. The van der Waals surface area contributed by atoms with Crippen LogP contribution < -0.4 is 10.6 Å². The summed E-state index contributed by atoms with van der Waals surface area (Å²) in [5.74, 6) is 1.66. The van der Waals surface area contributed by atoms with Crippen LogP contribution in [-0.2, 0) is 20.0 Å². The van der Waals surface area contributed by atoms with Crippen molar-refractivity contribution in [2.24, 2.45) is 12.0 Å². The van der Waals surface area contributed by atoms with Crippen LogP contribution in [0.5, 0.6) is 0 Å². The molecular formula is C21H30IN5O. The molecule has 1 aromatic carbocycles. The Bertz CT molecular complexity index is 911. The molecule has 3 rings (SSSR count). The SMILES string of the molecule is CCNC(=NCc1cc2ccccc2o1)NC(C)Cc1c(C)nn(C)c1C.I. The summed E-state index contributed by atoms with van der Waals surface area (Å²) in [4.78, 5) is 4.69. The predicted molar refractivity (Wildman–Crippen MR) is 125 cm³/mol. The zero-order valence-electron chi connectivity index (χ0n) is 17.2. The molecule has 7 heteroatoms. The predicted octanol–water partition coefficient (Wildman–Crippen LogP) is 4.09. The van der Waals surface area contributed by atoms with Gasteiger partial charge in [-0.15, -0.1) is 24.0 Å². The molecule has 0 saturated heterocycles. The smallest absolute Gasteiger partial charge is 0.191 e. The minimum absolute atomic E-state index is 0. The fourth-order valence-corrected chi connectivity index (χ4v) is 3.30. The van der Waals surface area contributed by atoms with Gasteiger partial charge >= 0.3 is 0 Å². The third kappa shape index (κ3) is 5.27. The van der Waals surface area contributed by atoms with Gasteiger partial charge in [0.25, 0.3) is 0 Å². The summed E-state index contributed by atoms with van der Waals surface area (Å²) >= 11 is 0. The van der Waals surface area contributed by atoms with Crippen molar-refractivity contribution in [3.8, 4) is 0 Å². The van der Waals surface area contributed by atoms with Crippen LogP contribution in [0.3, 0.4) is 0 Å². The van der Waals surface area contributed by atoms with Crippen LogP contribution in [0.2, 0.25) is 0 Å². The molecule has 0 aliphatic carbocycles. The Kier molecular flexibility index (Phi) is 7.91. The van der Waals surface area contributed by atoms with Crippen LogP contribution in [0, 0.1) is 13.8 Å². The van der Waals surface area contributed by atoms with Gasteiger partial charge in [-0.2, -0.15) is 5.10 Å². The second-order valence-electron chi connectivity index (χ2n) is 6.97. The number of halogens is 1. The van der Waals surface area contributed by atoms with Crippen molar-refractivity contribution in [3.63, 3.8) is 0 Å². The molecule has 28 heavy (non-hydrogen) atoms. The monoisotopic (exact) mass is 495 g/mol. The molecule has 2 N–H and O–H groups in total. The van der Waals surface area contributed by atoms with Gasteiger partial charge < -0.3 is 15.1 Å². The van der Waals surface area contributed by atoms with E-state index in [9.17, 15) is 0 Å². The van der Waals surface area contributed by atoms with Crippen molar-refractivity contribution in [1.82, 2.24) is 20.4 Å². The summed E-state index contributed by atoms with van der Waals surface area (Å²) in [5, 5.41) is 12.4. The van der Waals surface area contributed by atoms with E-state index in [0.717, 1.165) is 41.3 Å². The average Bonchev–Trinajstić information content (AvgIpc) is 3.15. The Morgan fingerprint density at radius 1 is 1.29 bits per heavy atom. The molecule has 1 atom stereocenters. The largest absolute Gasteiger partial charge is 0.459 e. The Hall–Kier alpha value is -2.03. The second kappa shape index (κ2) is 9.95. The molecule has 0 spiro atoms. The fourth-order valence-electron chi connectivity index (χ4n) is 3.30. The van der Waals surface area contributed by atoms with Crippen molar-refractivity contribution < 1.29 is 4.42 Å². The van der Waals surface area contributed by atoms with Gasteiger partial charge in [0, 0.05) is 30.7 Å². The Labute approximate surface area is 183 Å². The lowest BCUT2D eigenvalue weighted by Gasteiger charge is -2.18. The number of aromatic nitrogens is 2. The maximum Gasteiger partial charge on any atom is 0.191 e. The van der Waals surface area contributed by atoms with Gasteiger partial charge in [-0.25, -0.2) is 4.99 Å². The van der Waals surface area contributed by atoms with E-state index in [1.54, 1.807) is 0 Å². The van der Waals surface area contributed by atoms with Gasteiger partial charge in [-0.3, -0.25) is 4.68 Å². The molecule has 0 radical (unpaired) electrons. The average molecular weight is 495 g/mol. The zero-order valence-corrected chi connectivity index (χ0v) is 19.6. The van der Waals surface area contributed by atoms with Crippen molar-refractivity contribution in [2.45, 2.75) is 46.7 Å². The summed E-state index contributed by atoms with van der Waals surface area (Å²) in [6, 6.07) is 10.3. The summed E-state index contributed by atoms with van der Waals surface area (Å²) < 4.78 is 7.80. The van der Waals surface area contributed by atoms with E-state index in [-0.39, 0.29) is 30.0 Å². The number of aryl methyl sites for hydroxylation is 2. The number of fused-ring (bicyclic) bond motifs is 1. The van der Waals surface area contributed by atoms with Crippen LogP contribution in [0.25, 0.3) is 11.0 Å². The number of rotatable bonds is 6. The standard InChI is InChI=1S/C21H29N5O.HI/c1-6-22-21(23-13-18-12-17-9-7-8-10-20(17)27-18)24-14(2)11-19-15(3)25-26(5)16(19)4;/h7-10,12,14H,6,11,13H2,1-5H3,(H2,22,23,24);1H. The number of aliphatic imine (C=N–C) groups is 1. The molecule has 0 fully saturated rings. The van der Waals surface area contributed by atoms with Gasteiger partial charge in [0.1, 0.15) is 17.9 Å². The first-order valence-electron chi connectivity index (χ1n) is 9.49. The van der Waals surface area contributed by atoms with Gasteiger partial charge in [0.15, 0.2) is 5.96 Å². The van der Waals surface area contributed by atoms with Crippen LogP contribution in [0.4, 0.5) is 0 Å². The van der Waals surface area contributed by atoms with Gasteiger partial charge in [0.05, 0.1) is 5.69 Å². The van der Waals surface area contributed by atoms with E-state index in [0.29, 0.717) is 6.54 Å². The number of para-hydroxylation sites is 1. The molecule has 2 aromatic heterocycles. The lowest BCUT2D eigenvalue weighted by molar-refractivity contribution is 0.550. The number of benzene rings is 1. The number of nitrogens with one attached hydrogen (secondary N) is 2. The van der Waals surface area contributed by atoms with E-state index >= 15 is 0 Å². The minimum Gasteiger partial charge on any atom is -0.459 e. The van der Waals surface area contributed by atoms with Gasteiger partial charge in [-0.05, 0) is 51.8 Å². The van der Waals surface area contributed by atoms with Crippen molar-refractivity contribution in [2.75, 3.05) is 6.54 Å². The van der Waals surface area contributed by atoms with E-state index in [4.69, 9.17) is 9.41 Å². The lowest BCUT2D eigenvalue weighted by Crippen LogP contribution is -2.43. The topological polar surface area (TPSA) is 67.4 Å². The minimum atomic E-state index is 0. The molecular weight excluding hydrogens is 465 g/mol. The van der Waals surface area contributed by atoms with E-state index < -0.39 is 0 Å². The maximum absolute atomic E-state index is 5.86. The molecule has 0 aliphatic heterocycles. The summed E-state index contributed by atoms with van der Waals surface area (Å²) in [5.41, 5.74) is 4.50. The van der Waals surface area contributed by atoms with Crippen molar-refractivity contribution in [1.29, 1.82) is 0 Å². The number of nitrogens with zero attached hydrogens (tertiary/aromatic N) is 3. The quantitative estimate of drug-likeness (QED) is 0.307. The number of furan rings is 1. The third-order valence-electron chi connectivity index (χ3n) is 4.77. The van der Waals surface area contributed by atoms with Gasteiger partial charge in [0.2, 0.25) is 0 Å². The highest BCUT2D eigenvalue weighted by Crippen LogP contribution is 2.19. The highest BCUT2D eigenvalue weighted by molar-refractivity contribution is 14.0. The Morgan fingerprint density at radius 3 is 2.68 bits per heavy atom. The molecule has 1 unspecified atom stereocenters. The Morgan fingerprint density at radius 2 is 2.04 bits per heavy atom. The lowest BCUT2D eigenvalue weighted by atomic mass is 10.1. The highest BCUT2D eigenvalue weighted by atomic mass is 127. The molecule has 3 aromatic rings. The first-order chi connectivity index (χ1) is 13.0. The van der Waals surface area contributed by atoms with Gasteiger partial charge in [-0.1, -0.05) is 18.2 Å². The van der Waals surface area contributed by atoms with E-state index in [1.807, 2.05) is 36.0 Å². The highest BCUT2D eigenvalue weighted by Gasteiger charge is 2.14. The Balaban J connectivity index is 0.00000280. The van der Waals surface area contributed by atoms with Crippen LogP contribution in [0.1, 0.15) is 36.6 Å². The van der Waals surface area contributed by atoms with Crippen molar-refractivity contribution >= 4 is 40.9 Å². The summed E-state index contributed by atoms with van der Waals surface area (Å²) in [7, 11) is 1.99. The molecule has 0 saturated carbocycles. The first kappa shape index (κ1) is 22.3. The molecule has 6 nitrogen and oxygen atoms in total. The van der Waals surface area contributed by atoms with E-state index in [1.165, 1.54) is 11.3 Å². The zero-order chi connectivity index (χ0) is 19.4. The van der Waals surface area contributed by atoms with E-state index in [2.05, 4.69) is 49.5 Å². The molecule has 0 aliphatic rings. The van der Waals surface area contributed by atoms with Crippen LogP contribution in [-0.4, -0.2) is 28.3 Å². The van der Waals surface area contributed by atoms with Crippen LogP contribution in [0.15, 0.2) is 39.7 Å². The molecule has 2 heterocycles. The first-order valence-corrected chi connectivity index (χ1v) is 9.49. The molecule has 0 amide bonds. The summed E-state index contributed by atoms with van der Waals surface area (Å²) in [6.45, 7) is 9.72. The second-order valence-corrected chi connectivity index (χ2v) is 6.97. The molecule has 152 valence electrons.